The van der Waals surface area contributed by atoms with Crippen molar-refractivity contribution in [2.45, 2.75) is 6.54 Å². The van der Waals surface area contributed by atoms with Crippen LogP contribution >= 0.6 is 0 Å². The van der Waals surface area contributed by atoms with Gasteiger partial charge in [0, 0.05) is 18.8 Å². The summed E-state index contributed by atoms with van der Waals surface area (Å²) in [4.78, 5) is 25.1. The van der Waals surface area contributed by atoms with Crippen molar-refractivity contribution in [3.8, 4) is 11.3 Å². The summed E-state index contributed by atoms with van der Waals surface area (Å²) in [5.41, 5.74) is 1.64. The molecule has 3 N–H and O–H groups in total. The number of anilines is 1. The lowest BCUT2D eigenvalue weighted by atomic mass is 10.1. The van der Waals surface area contributed by atoms with Gasteiger partial charge in [-0.2, -0.15) is 10.2 Å². The molecule has 0 spiro atoms. The first-order valence-electron chi connectivity index (χ1n) is 8.96. The zero-order chi connectivity index (χ0) is 21.1. The van der Waals surface area contributed by atoms with E-state index in [1.165, 1.54) is 35.3 Å². The number of nitrogens with one attached hydrogen (secondary N) is 3. The van der Waals surface area contributed by atoms with Crippen LogP contribution in [0.3, 0.4) is 0 Å². The van der Waals surface area contributed by atoms with Gasteiger partial charge in [0.1, 0.15) is 17.3 Å². The topological polar surface area (TPSA) is 118 Å². The van der Waals surface area contributed by atoms with E-state index in [0.717, 1.165) is 0 Å². The van der Waals surface area contributed by atoms with E-state index in [4.69, 9.17) is 4.42 Å². The molecule has 0 bridgehead atoms. The van der Waals surface area contributed by atoms with Crippen LogP contribution in [0.1, 0.15) is 26.7 Å². The van der Waals surface area contributed by atoms with Crippen molar-refractivity contribution in [1.82, 2.24) is 25.3 Å². The quantitative estimate of drug-likeness (QED) is 0.453. The standard InChI is InChI=1S/C20H17FN6O3/c1-27-11-17(18(26-27)20(29)22-10-14-3-2-8-30-14)23-19(28)16-9-15(24-25-16)12-4-6-13(21)7-5-12/h2-9,11H,10H2,1H3,(H,22,29)(H,23,28)(H,24,25). The lowest BCUT2D eigenvalue weighted by Gasteiger charge is -2.04. The molecule has 2 amide bonds. The summed E-state index contributed by atoms with van der Waals surface area (Å²) in [6, 6.07) is 10.7. The third-order valence-corrected chi connectivity index (χ3v) is 4.26. The first kappa shape index (κ1) is 19.1. The molecule has 0 aliphatic rings. The summed E-state index contributed by atoms with van der Waals surface area (Å²) in [6.45, 7) is 0.192. The van der Waals surface area contributed by atoms with Gasteiger partial charge >= 0.3 is 0 Å². The Hall–Kier alpha value is -4.21. The van der Waals surface area contributed by atoms with E-state index in [9.17, 15) is 14.0 Å². The minimum absolute atomic E-state index is 0.0654. The third kappa shape index (κ3) is 4.12. The molecule has 0 saturated heterocycles. The number of furan rings is 1. The van der Waals surface area contributed by atoms with E-state index < -0.39 is 11.8 Å². The van der Waals surface area contributed by atoms with Crippen molar-refractivity contribution in [2.75, 3.05) is 5.32 Å². The van der Waals surface area contributed by atoms with Crippen LogP contribution in [0.25, 0.3) is 11.3 Å². The predicted molar refractivity (Wildman–Crippen MR) is 105 cm³/mol. The second kappa shape index (κ2) is 8.03. The Balaban J connectivity index is 1.47. The highest BCUT2D eigenvalue weighted by atomic mass is 19.1. The third-order valence-electron chi connectivity index (χ3n) is 4.26. The summed E-state index contributed by atoms with van der Waals surface area (Å²) in [5, 5.41) is 16.2. The highest BCUT2D eigenvalue weighted by Gasteiger charge is 2.20. The molecule has 9 nitrogen and oxygen atoms in total. The molecule has 152 valence electrons. The molecule has 0 unspecified atom stereocenters. The van der Waals surface area contributed by atoms with Gasteiger partial charge in [0.15, 0.2) is 5.69 Å². The van der Waals surface area contributed by atoms with E-state index in [-0.39, 0.29) is 29.4 Å². The van der Waals surface area contributed by atoms with Crippen LogP contribution in [-0.4, -0.2) is 31.8 Å². The number of amides is 2. The SMILES string of the molecule is Cn1cc(NC(=O)c2cc(-c3ccc(F)cc3)n[nH]2)c(C(=O)NCc2ccco2)n1. The maximum atomic E-state index is 13.1. The second-order valence-corrected chi connectivity index (χ2v) is 6.45. The van der Waals surface area contributed by atoms with Gasteiger partial charge in [0.25, 0.3) is 11.8 Å². The van der Waals surface area contributed by atoms with Crippen molar-refractivity contribution >= 4 is 17.5 Å². The number of rotatable bonds is 6. The Bertz CT molecular complexity index is 1180. The maximum Gasteiger partial charge on any atom is 0.274 e. The number of halogens is 1. The van der Waals surface area contributed by atoms with Crippen LogP contribution in [0.15, 0.2) is 59.3 Å². The molecule has 0 aliphatic heterocycles. The Morgan fingerprint density at radius 3 is 2.73 bits per heavy atom. The molecule has 0 fully saturated rings. The molecule has 30 heavy (non-hydrogen) atoms. The molecule has 0 aliphatic carbocycles. The monoisotopic (exact) mass is 408 g/mol. The average molecular weight is 408 g/mol. The van der Waals surface area contributed by atoms with Crippen molar-refractivity contribution < 1.29 is 18.4 Å². The van der Waals surface area contributed by atoms with Crippen LogP contribution in [-0.2, 0) is 13.6 Å². The number of benzene rings is 1. The minimum atomic E-state index is -0.496. The lowest BCUT2D eigenvalue weighted by Crippen LogP contribution is -2.25. The molecule has 0 radical (unpaired) electrons. The molecule has 3 heterocycles. The summed E-state index contributed by atoms with van der Waals surface area (Å²) >= 11 is 0. The van der Waals surface area contributed by atoms with Gasteiger partial charge < -0.3 is 15.1 Å². The fourth-order valence-corrected chi connectivity index (χ4v) is 2.81. The van der Waals surface area contributed by atoms with Crippen molar-refractivity contribution in [2.24, 2.45) is 7.05 Å². The number of carbonyl (C=O) groups is 2. The van der Waals surface area contributed by atoms with Gasteiger partial charge in [-0.15, -0.1) is 0 Å². The van der Waals surface area contributed by atoms with Crippen LogP contribution in [0.4, 0.5) is 10.1 Å². The van der Waals surface area contributed by atoms with Crippen molar-refractivity contribution in [3.63, 3.8) is 0 Å². The molecular weight excluding hydrogens is 391 g/mol. The fourth-order valence-electron chi connectivity index (χ4n) is 2.81. The van der Waals surface area contributed by atoms with Gasteiger partial charge in [0.05, 0.1) is 24.2 Å². The number of aryl methyl sites for hydroxylation is 1. The molecule has 4 rings (SSSR count). The molecule has 10 heteroatoms. The second-order valence-electron chi connectivity index (χ2n) is 6.45. The van der Waals surface area contributed by atoms with Gasteiger partial charge in [0.2, 0.25) is 0 Å². The molecule has 3 aromatic heterocycles. The van der Waals surface area contributed by atoms with Crippen molar-refractivity contribution in [1.29, 1.82) is 0 Å². The van der Waals surface area contributed by atoms with E-state index in [1.54, 1.807) is 31.3 Å². The van der Waals surface area contributed by atoms with Crippen molar-refractivity contribution in [3.05, 3.63) is 77.9 Å². The van der Waals surface area contributed by atoms with Gasteiger partial charge in [-0.1, -0.05) is 0 Å². The van der Waals surface area contributed by atoms with Gasteiger partial charge in [-0.25, -0.2) is 4.39 Å². The predicted octanol–water partition coefficient (Wildman–Crippen LogP) is 2.72. The average Bonchev–Trinajstić information content (AvgIpc) is 3.48. The molecule has 4 aromatic rings. The molecule has 0 atom stereocenters. The zero-order valence-corrected chi connectivity index (χ0v) is 15.8. The number of aromatic amines is 1. The number of hydrogen-bond acceptors (Lipinski definition) is 5. The van der Waals surface area contributed by atoms with Crippen LogP contribution in [0.2, 0.25) is 0 Å². The minimum Gasteiger partial charge on any atom is -0.467 e. The lowest BCUT2D eigenvalue weighted by molar-refractivity contribution is 0.0943. The summed E-state index contributed by atoms with van der Waals surface area (Å²) < 4.78 is 19.7. The van der Waals surface area contributed by atoms with Crippen LogP contribution in [0, 0.1) is 5.82 Å². The van der Waals surface area contributed by atoms with E-state index >= 15 is 0 Å². The Kier molecular flexibility index (Phi) is 5.12. The number of H-pyrrole nitrogens is 1. The molecule has 1 aromatic carbocycles. The number of hydrogen-bond donors (Lipinski definition) is 3. The van der Waals surface area contributed by atoms with Crippen LogP contribution < -0.4 is 10.6 Å². The number of aromatic nitrogens is 4. The largest absolute Gasteiger partial charge is 0.467 e. The summed E-state index contributed by atoms with van der Waals surface area (Å²) in [6.07, 6.45) is 3.04. The zero-order valence-electron chi connectivity index (χ0n) is 15.8. The smallest absolute Gasteiger partial charge is 0.274 e. The summed E-state index contributed by atoms with van der Waals surface area (Å²) in [7, 11) is 1.64. The van der Waals surface area contributed by atoms with E-state index in [0.29, 0.717) is 17.0 Å². The van der Waals surface area contributed by atoms with Gasteiger partial charge in [-0.3, -0.25) is 19.4 Å². The van der Waals surface area contributed by atoms with E-state index in [2.05, 4.69) is 25.9 Å². The Labute approximate surface area is 169 Å². The number of carbonyl (C=O) groups excluding carboxylic acids is 2. The van der Waals surface area contributed by atoms with E-state index in [1.807, 2.05) is 0 Å². The maximum absolute atomic E-state index is 13.1. The highest BCUT2D eigenvalue weighted by molar-refractivity contribution is 6.07. The Morgan fingerprint density at radius 2 is 2.00 bits per heavy atom. The highest BCUT2D eigenvalue weighted by Crippen LogP contribution is 2.19. The summed E-state index contributed by atoms with van der Waals surface area (Å²) in [5.74, 6) is -0.722. The van der Waals surface area contributed by atoms with Gasteiger partial charge in [-0.05, 0) is 42.5 Å². The number of nitrogens with zero attached hydrogens (tertiary/aromatic N) is 3. The molecule has 0 saturated carbocycles. The molecular formula is C20H17FN6O3. The van der Waals surface area contributed by atoms with Crippen LogP contribution in [0.5, 0.6) is 0 Å². The first-order valence-corrected chi connectivity index (χ1v) is 8.96. The fraction of sp³-hybridized carbons (Fsp3) is 0.100. The Morgan fingerprint density at radius 1 is 1.20 bits per heavy atom. The normalized spacial score (nSPS) is 10.7. The first-order chi connectivity index (χ1) is 14.5.